The largest absolute Gasteiger partial charge is 0.312 e. The summed E-state index contributed by atoms with van der Waals surface area (Å²) in [5.74, 6) is 0.677. The fourth-order valence-electron chi connectivity index (χ4n) is 1.97. The third-order valence-electron chi connectivity index (χ3n) is 3.10. The van der Waals surface area contributed by atoms with Crippen LogP contribution in [0.5, 0.6) is 0 Å². The van der Waals surface area contributed by atoms with Crippen LogP contribution in [0, 0.1) is 12.8 Å². The molecule has 0 saturated heterocycles. The Bertz CT molecular complexity index is 582. The van der Waals surface area contributed by atoms with Crippen molar-refractivity contribution in [3.05, 3.63) is 52.7 Å². The zero-order valence-corrected chi connectivity index (χ0v) is 14.3. The molecular formula is C17H21ClN2S. The molecule has 0 aliphatic carbocycles. The second-order valence-electron chi connectivity index (χ2n) is 5.53. The van der Waals surface area contributed by atoms with Crippen molar-refractivity contribution in [3.63, 3.8) is 0 Å². The molecule has 0 spiro atoms. The lowest BCUT2D eigenvalue weighted by atomic mass is 10.1. The minimum Gasteiger partial charge on any atom is -0.312 e. The van der Waals surface area contributed by atoms with E-state index in [0.717, 1.165) is 18.1 Å². The van der Waals surface area contributed by atoms with Crippen LogP contribution in [0.25, 0.3) is 0 Å². The molecule has 0 atom stereocenters. The lowest BCUT2D eigenvalue weighted by Gasteiger charge is -2.11. The second-order valence-corrected chi connectivity index (χ2v) is 7.06. The van der Waals surface area contributed by atoms with Crippen LogP contribution >= 0.6 is 23.4 Å². The van der Waals surface area contributed by atoms with Crippen molar-refractivity contribution in [1.82, 2.24) is 10.3 Å². The van der Waals surface area contributed by atoms with Gasteiger partial charge in [0, 0.05) is 17.6 Å². The van der Waals surface area contributed by atoms with Crippen molar-refractivity contribution in [2.75, 3.05) is 6.54 Å². The molecule has 112 valence electrons. The van der Waals surface area contributed by atoms with Crippen molar-refractivity contribution < 1.29 is 0 Å². The first kappa shape index (κ1) is 16.3. The summed E-state index contributed by atoms with van der Waals surface area (Å²) in [4.78, 5) is 5.52. The number of hydrogen-bond acceptors (Lipinski definition) is 3. The zero-order chi connectivity index (χ0) is 15.2. The first-order valence-corrected chi connectivity index (χ1v) is 8.33. The smallest absolute Gasteiger partial charge is 0.101 e. The maximum absolute atomic E-state index is 5.85. The van der Waals surface area contributed by atoms with Crippen LogP contribution in [0.4, 0.5) is 0 Å². The van der Waals surface area contributed by atoms with Crippen molar-refractivity contribution in [2.24, 2.45) is 5.92 Å². The Morgan fingerprint density at radius 3 is 2.67 bits per heavy atom. The van der Waals surface area contributed by atoms with E-state index >= 15 is 0 Å². The molecule has 1 heterocycles. The molecule has 1 N–H and O–H groups in total. The lowest BCUT2D eigenvalue weighted by molar-refractivity contribution is 0.551. The van der Waals surface area contributed by atoms with E-state index in [1.54, 1.807) is 18.0 Å². The highest BCUT2D eigenvalue weighted by atomic mass is 35.5. The zero-order valence-electron chi connectivity index (χ0n) is 12.7. The van der Waals surface area contributed by atoms with Gasteiger partial charge in [-0.25, -0.2) is 4.98 Å². The molecule has 2 rings (SSSR count). The normalized spacial score (nSPS) is 11.1. The van der Waals surface area contributed by atoms with Gasteiger partial charge < -0.3 is 5.32 Å². The number of nitrogens with zero attached hydrogens (tertiary/aromatic N) is 1. The van der Waals surface area contributed by atoms with Gasteiger partial charge in [0.05, 0.1) is 5.02 Å². The third kappa shape index (κ3) is 5.34. The van der Waals surface area contributed by atoms with Crippen LogP contribution in [0.1, 0.15) is 25.0 Å². The van der Waals surface area contributed by atoms with E-state index in [1.165, 1.54) is 16.0 Å². The maximum atomic E-state index is 5.85. The summed E-state index contributed by atoms with van der Waals surface area (Å²) in [6.07, 6.45) is 1.68. The quantitative estimate of drug-likeness (QED) is 0.816. The Hall–Kier alpha value is -1.03. The van der Waals surface area contributed by atoms with E-state index < -0.39 is 0 Å². The molecular weight excluding hydrogens is 300 g/mol. The van der Waals surface area contributed by atoms with Crippen molar-refractivity contribution >= 4 is 23.4 Å². The Kier molecular flexibility index (Phi) is 6.09. The molecule has 0 amide bonds. The number of hydrogen-bond donors (Lipinski definition) is 1. The molecule has 0 fully saturated rings. The molecule has 0 bridgehead atoms. The number of rotatable bonds is 6. The molecule has 0 saturated carbocycles. The summed E-state index contributed by atoms with van der Waals surface area (Å²) in [7, 11) is 0. The minimum absolute atomic E-state index is 0.669. The minimum atomic E-state index is 0.669. The monoisotopic (exact) mass is 320 g/mol. The van der Waals surface area contributed by atoms with Crippen molar-refractivity contribution in [1.29, 1.82) is 0 Å². The summed E-state index contributed by atoms with van der Waals surface area (Å²) in [6.45, 7) is 8.57. The predicted molar refractivity (Wildman–Crippen MR) is 91.1 cm³/mol. The van der Waals surface area contributed by atoms with Crippen LogP contribution < -0.4 is 5.32 Å². The summed E-state index contributed by atoms with van der Waals surface area (Å²) in [5.41, 5.74) is 2.66. The van der Waals surface area contributed by atoms with Crippen LogP contribution in [0.15, 0.2) is 46.5 Å². The van der Waals surface area contributed by atoms with Crippen LogP contribution in [0.3, 0.4) is 0 Å². The third-order valence-corrected chi connectivity index (χ3v) is 4.27. The number of aromatic nitrogens is 1. The van der Waals surface area contributed by atoms with Gasteiger partial charge in [0.2, 0.25) is 0 Å². The highest BCUT2D eigenvalue weighted by molar-refractivity contribution is 7.99. The van der Waals surface area contributed by atoms with Crippen molar-refractivity contribution in [2.45, 2.75) is 37.2 Å². The van der Waals surface area contributed by atoms with Gasteiger partial charge >= 0.3 is 0 Å². The number of pyridine rings is 1. The highest BCUT2D eigenvalue weighted by Gasteiger charge is 2.03. The van der Waals surface area contributed by atoms with Crippen LogP contribution in [-0.2, 0) is 6.54 Å². The standard InChI is InChI=1S/C17H21ClN2S/c1-12(2)9-19-10-14-4-6-16(8-13(14)3)21-17-7-5-15(18)11-20-17/h4-8,11-12,19H,9-10H2,1-3H3. The molecule has 2 nitrogen and oxygen atoms in total. The van der Waals surface area contributed by atoms with E-state index in [-0.39, 0.29) is 0 Å². The summed E-state index contributed by atoms with van der Waals surface area (Å²) >= 11 is 7.51. The topological polar surface area (TPSA) is 24.9 Å². The van der Waals surface area contributed by atoms with Gasteiger partial charge in [-0.2, -0.15) is 0 Å². The summed E-state index contributed by atoms with van der Waals surface area (Å²) in [6, 6.07) is 10.4. The molecule has 1 aromatic heterocycles. The molecule has 21 heavy (non-hydrogen) atoms. The van der Waals surface area contributed by atoms with Gasteiger partial charge in [-0.3, -0.25) is 0 Å². The van der Waals surface area contributed by atoms with Gasteiger partial charge in [0.25, 0.3) is 0 Å². The van der Waals surface area contributed by atoms with Crippen molar-refractivity contribution in [3.8, 4) is 0 Å². The van der Waals surface area contributed by atoms with Gasteiger partial charge in [-0.1, -0.05) is 43.3 Å². The molecule has 4 heteroatoms. The van der Waals surface area contributed by atoms with Gasteiger partial charge in [-0.15, -0.1) is 0 Å². The predicted octanol–water partition coefficient (Wildman–Crippen LogP) is 4.94. The maximum Gasteiger partial charge on any atom is 0.101 e. The van der Waals surface area contributed by atoms with E-state index in [9.17, 15) is 0 Å². The Balaban J connectivity index is 1.99. The average molecular weight is 321 g/mol. The summed E-state index contributed by atoms with van der Waals surface area (Å²) in [5, 5.41) is 5.11. The Morgan fingerprint density at radius 2 is 2.05 bits per heavy atom. The molecule has 0 aliphatic rings. The molecule has 0 unspecified atom stereocenters. The number of nitrogens with one attached hydrogen (secondary N) is 1. The Labute approximate surface area is 136 Å². The Morgan fingerprint density at radius 1 is 1.24 bits per heavy atom. The van der Waals surface area contributed by atoms with Crippen LogP contribution in [-0.4, -0.2) is 11.5 Å². The molecule has 1 aromatic carbocycles. The molecule has 2 aromatic rings. The van der Waals surface area contributed by atoms with Crippen LogP contribution in [0.2, 0.25) is 5.02 Å². The average Bonchev–Trinajstić information content (AvgIpc) is 2.43. The van der Waals surface area contributed by atoms with Gasteiger partial charge in [-0.05, 0) is 54.8 Å². The number of halogens is 1. The van der Waals surface area contributed by atoms with E-state index in [1.807, 2.05) is 12.1 Å². The highest BCUT2D eigenvalue weighted by Crippen LogP contribution is 2.28. The molecule has 0 radical (unpaired) electrons. The van der Waals surface area contributed by atoms with E-state index in [0.29, 0.717) is 10.9 Å². The van der Waals surface area contributed by atoms with Gasteiger partial charge in [0.15, 0.2) is 0 Å². The fourth-order valence-corrected chi connectivity index (χ4v) is 2.94. The van der Waals surface area contributed by atoms with E-state index in [4.69, 9.17) is 11.6 Å². The summed E-state index contributed by atoms with van der Waals surface area (Å²) < 4.78 is 0. The second kappa shape index (κ2) is 7.83. The fraction of sp³-hybridized carbons (Fsp3) is 0.353. The lowest BCUT2D eigenvalue weighted by Crippen LogP contribution is -2.19. The number of benzene rings is 1. The SMILES string of the molecule is Cc1cc(Sc2ccc(Cl)cn2)ccc1CNCC(C)C. The number of aryl methyl sites for hydroxylation is 1. The van der Waals surface area contributed by atoms with E-state index in [2.05, 4.69) is 49.3 Å². The molecule has 0 aliphatic heterocycles. The first-order chi connectivity index (χ1) is 10.0. The first-order valence-electron chi connectivity index (χ1n) is 7.14. The van der Waals surface area contributed by atoms with Gasteiger partial charge in [0.1, 0.15) is 5.03 Å².